The van der Waals surface area contributed by atoms with E-state index in [1.54, 1.807) is 36.4 Å². The number of carbonyl (C=O) groups is 1. The van der Waals surface area contributed by atoms with E-state index in [1.807, 2.05) is 60.7 Å². The summed E-state index contributed by atoms with van der Waals surface area (Å²) in [6, 6.07) is 31.7. The standard InChI is InChI=1S/C30H29N3O5S2/c1-33(22-23-9-4-2-5-10-23)40(35,36)28-17-15-25(16-18-28)31-30(39)32-29(34)24-11-8-14-27(21-24)38-20-19-37-26-12-6-3-7-13-26/h2-18,21H,19-20,22H2,1H3,(H2,31,32,34,39). The Labute approximate surface area is 239 Å². The molecular formula is C30H29N3O5S2. The molecule has 0 atom stereocenters. The van der Waals surface area contributed by atoms with E-state index in [-0.39, 0.29) is 16.6 Å². The van der Waals surface area contributed by atoms with E-state index in [1.165, 1.54) is 23.5 Å². The number of ether oxygens (including phenoxy) is 2. The van der Waals surface area contributed by atoms with Gasteiger partial charge in [0.25, 0.3) is 5.91 Å². The third-order valence-corrected chi connectivity index (χ3v) is 7.78. The van der Waals surface area contributed by atoms with Gasteiger partial charge < -0.3 is 14.8 Å². The molecule has 0 radical (unpaired) electrons. The van der Waals surface area contributed by atoms with E-state index >= 15 is 0 Å². The maximum Gasteiger partial charge on any atom is 0.257 e. The molecule has 0 unspecified atom stereocenters. The highest BCUT2D eigenvalue weighted by Gasteiger charge is 2.21. The van der Waals surface area contributed by atoms with E-state index in [0.717, 1.165) is 11.3 Å². The lowest BCUT2D eigenvalue weighted by Crippen LogP contribution is -2.34. The van der Waals surface area contributed by atoms with Gasteiger partial charge in [0, 0.05) is 24.8 Å². The van der Waals surface area contributed by atoms with Crippen LogP contribution in [0, 0.1) is 0 Å². The third-order valence-electron chi connectivity index (χ3n) is 5.76. The van der Waals surface area contributed by atoms with Crippen molar-refractivity contribution in [2.24, 2.45) is 0 Å². The molecule has 4 aromatic rings. The molecule has 0 aliphatic carbocycles. The maximum atomic E-state index is 13.0. The number of hydrogen-bond donors (Lipinski definition) is 2. The van der Waals surface area contributed by atoms with Crippen LogP contribution in [0.25, 0.3) is 0 Å². The Morgan fingerprint density at radius 2 is 1.40 bits per heavy atom. The Hall–Kier alpha value is -4.25. The maximum absolute atomic E-state index is 13.0. The molecule has 10 heteroatoms. The van der Waals surface area contributed by atoms with Crippen LogP contribution in [0.5, 0.6) is 11.5 Å². The smallest absolute Gasteiger partial charge is 0.257 e. The lowest BCUT2D eigenvalue weighted by atomic mass is 10.2. The zero-order valence-electron chi connectivity index (χ0n) is 21.8. The summed E-state index contributed by atoms with van der Waals surface area (Å²) in [6.45, 7) is 0.929. The fourth-order valence-electron chi connectivity index (χ4n) is 3.72. The van der Waals surface area contributed by atoms with Crippen molar-refractivity contribution >= 4 is 38.9 Å². The number of carbonyl (C=O) groups excluding carboxylic acids is 1. The molecule has 4 aromatic carbocycles. The first kappa shape index (κ1) is 28.8. The molecule has 0 saturated heterocycles. The highest BCUT2D eigenvalue weighted by Crippen LogP contribution is 2.20. The molecule has 2 N–H and O–H groups in total. The largest absolute Gasteiger partial charge is 0.490 e. The van der Waals surface area contributed by atoms with Crippen LogP contribution in [-0.4, -0.2) is 44.0 Å². The van der Waals surface area contributed by atoms with E-state index in [2.05, 4.69) is 10.6 Å². The minimum absolute atomic E-state index is 0.0735. The first-order valence-corrected chi connectivity index (χ1v) is 14.3. The van der Waals surface area contributed by atoms with Crippen LogP contribution in [0.4, 0.5) is 5.69 Å². The van der Waals surface area contributed by atoms with Crippen molar-refractivity contribution in [2.45, 2.75) is 11.4 Å². The highest BCUT2D eigenvalue weighted by atomic mass is 32.2. The van der Waals surface area contributed by atoms with Crippen LogP contribution in [0.1, 0.15) is 15.9 Å². The summed E-state index contributed by atoms with van der Waals surface area (Å²) in [7, 11) is -2.14. The predicted octanol–water partition coefficient (Wildman–Crippen LogP) is 5.09. The number of thiocarbonyl (C=S) groups is 1. The summed E-state index contributed by atoms with van der Waals surface area (Å²) >= 11 is 5.28. The second-order valence-corrected chi connectivity index (χ2v) is 11.2. The number of anilines is 1. The molecule has 0 aliphatic rings. The number of rotatable bonds is 11. The van der Waals surface area contributed by atoms with Gasteiger partial charge in [-0.15, -0.1) is 0 Å². The van der Waals surface area contributed by atoms with Gasteiger partial charge in [0.1, 0.15) is 24.7 Å². The predicted molar refractivity (Wildman–Crippen MR) is 159 cm³/mol. The fourth-order valence-corrected chi connectivity index (χ4v) is 5.09. The molecule has 206 valence electrons. The molecular weight excluding hydrogens is 546 g/mol. The first-order valence-electron chi connectivity index (χ1n) is 12.4. The summed E-state index contributed by atoms with van der Waals surface area (Å²) in [4.78, 5) is 12.9. The molecule has 0 spiro atoms. The quantitative estimate of drug-likeness (QED) is 0.190. The van der Waals surface area contributed by atoms with Crippen molar-refractivity contribution in [3.63, 3.8) is 0 Å². The molecule has 0 heterocycles. The van der Waals surface area contributed by atoms with Gasteiger partial charge in [0.05, 0.1) is 4.90 Å². The summed E-state index contributed by atoms with van der Waals surface area (Å²) in [5, 5.41) is 5.60. The average Bonchev–Trinajstić information content (AvgIpc) is 2.97. The van der Waals surface area contributed by atoms with Crippen LogP contribution in [0.15, 0.2) is 114 Å². The van der Waals surface area contributed by atoms with Crippen molar-refractivity contribution in [1.29, 1.82) is 0 Å². The SMILES string of the molecule is CN(Cc1ccccc1)S(=O)(=O)c1ccc(NC(=S)NC(=O)c2cccc(OCCOc3ccccc3)c2)cc1. The molecule has 4 rings (SSSR count). The van der Waals surface area contributed by atoms with E-state index in [9.17, 15) is 13.2 Å². The van der Waals surface area contributed by atoms with Gasteiger partial charge in [0.15, 0.2) is 5.11 Å². The molecule has 1 amide bonds. The summed E-state index contributed by atoms with van der Waals surface area (Å²) in [6.07, 6.45) is 0. The van der Waals surface area contributed by atoms with Gasteiger partial charge in [-0.3, -0.25) is 10.1 Å². The van der Waals surface area contributed by atoms with Crippen LogP contribution >= 0.6 is 12.2 Å². The molecule has 0 aliphatic heterocycles. The van der Waals surface area contributed by atoms with E-state index < -0.39 is 15.9 Å². The van der Waals surface area contributed by atoms with Gasteiger partial charge in [-0.05, 0) is 72.4 Å². The Kier molecular flexibility index (Phi) is 9.85. The Bertz CT molecular complexity index is 1530. The zero-order valence-corrected chi connectivity index (χ0v) is 23.5. The van der Waals surface area contributed by atoms with E-state index in [0.29, 0.717) is 30.2 Å². The lowest BCUT2D eigenvalue weighted by molar-refractivity contribution is 0.0977. The van der Waals surface area contributed by atoms with Crippen molar-refractivity contribution < 1.29 is 22.7 Å². The highest BCUT2D eigenvalue weighted by molar-refractivity contribution is 7.89. The minimum atomic E-state index is -3.68. The molecule has 0 bridgehead atoms. The van der Waals surface area contributed by atoms with Gasteiger partial charge >= 0.3 is 0 Å². The number of amides is 1. The van der Waals surface area contributed by atoms with Gasteiger partial charge in [-0.25, -0.2) is 8.42 Å². The Morgan fingerprint density at radius 1 is 0.800 bits per heavy atom. The van der Waals surface area contributed by atoms with Crippen LogP contribution in [-0.2, 0) is 16.6 Å². The lowest BCUT2D eigenvalue weighted by Gasteiger charge is -2.18. The molecule has 8 nitrogen and oxygen atoms in total. The van der Waals surface area contributed by atoms with Crippen molar-refractivity contribution in [3.05, 3.63) is 120 Å². The van der Waals surface area contributed by atoms with Gasteiger partial charge in [-0.2, -0.15) is 4.31 Å². The van der Waals surface area contributed by atoms with Gasteiger partial charge in [0.2, 0.25) is 10.0 Å². The van der Waals surface area contributed by atoms with E-state index in [4.69, 9.17) is 21.7 Å². The average molecular weight is 576 g/mol. The molecule has 0 aromatic heterocycles. The Morgan fingerprint density at radius 3 is 2.08 bits per heavy atom. The number of nitrogens with one attached hydrogen (secondary N) is 2. The zero-order chi connectivity index (χ0) is 28.4. The Balaban J connectivity index is 1.27. The van der Waals surface area contributed by atoms with Crippen LogP contribution < -0.4 is 20.1 Å². The second kappa shape index (κ2) is 13.7. The minimum Gasteiger partial charge on any atom is -0.490 e. The summed E-state index contributed by atoms with van der Waals surface area (Å²) in [5.74, 6) is 0.870. The van der Waals surface area contributed by atoms with Crippen LogP contribution in [0.3, 0.4) is 0 Å². The first-order chi connectivity index (χ1) is 19.3. The van der Waals surface area contributed by atoms with Crippen LogP contribution in [0.2, 0.25) is 0 Å². The van der Waals surface area contributed by atoms with Crippen molar-refractivity contribution in [1.82, 2.24) is 9.62 Å². The molecule has 0 fully saturated rings. The fraction of sp³-hybridized carbons (Fsp3) is 0.133. The number of benzene rings is 4. The number of nitrogens with zero attached hydrogens (tertiary/aromatic N) is 1. The summed E-state index contributed by atoms with van der Waals surface area (Å²) in [5.41, 5.74) is 1.79. The monoisotopic (exact) mass is 575 g/mol. The molecule has 0 saturated carbocycles. The number of hydrogen-bond acceptors (Lipinski definition) is 6. The summed E-state index contributed by atoms with van der Waals surface area (Å²) < 4.78 is 38.5. The van der Waals surface area contributed by atoms with Crippen molar-refractivity contribution in [3.8, 4) is 11.5 Å². The molecule has 40 heavy (non-hydrogen) atoms. The number of sulfonamides is 1. The third kappa shape index (κ3) is 8.12. The van der Waals surface area contributed by atoms with Gasteiger partial charge in [-0.1, -0.05) is 54.6 Å². The van der Waals surface area contributed by atoms with Crippen molar-refractivity contribution in [2.75, 3.05) is 25.6 Å². The topological polar surface area (TPSA) is 97.0 Å². The number of para-hydroxylation sites is 1. The second-order valence-electron chi connectivity index (χ2n) is 8.72. The normalized spacial score (nSPS) is 11.1.